The van der Waals surface area contributed by atoms with Gasteiger partial charge in [-0.3, -0.25) is 4.55 Å². The Morgan fingerprint density at radius 1 is 1.50 bits per heavy atom. The molecule has 0 amide bonds. The molecule has 0 saturated carbocycles. The van der Waals surface area contributed by atoms with Gasteiger partial charge in [0.05, 0.1) is 9.83 Å². The maximum Gasteiger partial charge on any atom is 0.329 e. The highest BCUT2D eigenvalue weighted by molar-refractivity contribution is 9.05. The molecule has 0 rings (SSSR count). The van der Waals surface area contributed by atoms with Gasteiger partial charge in [-0.25, -0.2) is 0 Å². The second-order valence-electron chi connectivity index (χ2n) is 1.67. The van der Waals surface area contributed by atoms with Crippen molar-refractivity contribution in [2.75, 3.05) is 5.75 Å². The van der Waals surface area contributed by atoms with Crippen LogP contribution in [0.25, 0.3) is 0 Å². The number of hydrogen-bond acceptors (Lipinski definition) is 4. The lowest BCUT2D eigenvalue weighted by Crippen LogP contribution is -1.85. The van der Waals surface area contributed by atoms with Crippen molar-refractivity contribution in [2.45, 2.75) is 19.8 Å². The Morgan fingerprint density at radius 3 is 2.50 bits per heavy atom. The zero-order valence-electron chi connectivity index (χ0n) is 5.61. The third-order valence-corrected chi connectivity index (χ3v) is 5.16. The molecule has 0 atom stereocenters. The molecule has 0 aliphatic carbocycles. The first-order valence-electron chi connectivity index (χ1n) is 2.85. The summed E-state index contributed by atoms with van der Waals surface area (Å²) in [6.45, 7) is 2.03. The Labute approximate surface area is 68.5 Å². The fraction of sp³-hybridized carbons (Fsp3) is 1.00. The van der Waals surface area contributed by atoms with Gasteiger partial charge in [-0.15, -0.1) is 0 Å². The smallest absolute Gasteiger partial charge is 0.277 e. The normalized spacial score (nSPS) is 11.8. The van der Waals surface area contributed by atoms with Crippen molar-refractivity contribution in [3.8, 4) is 0 Å². The van der Waals surface area contributed by atoms with Crippen molar-refractivity contribution in [1.29, 1.82) is 0 Å². The summed E-state index contributed by atoms with van der Waals surface area (Å²) >= 11 is 0. The van der Waals surface area contributed by atoms with Crippen LogP contribution in [0.4, 0.5) is 0 Å². The molecule has 0 aromatic carbocycles. The quantitative estimate of drug-likeness (QED) is 0.419. The third-order valence-electron chi connectivity index (χ3n) is 0.715. The van der Waals surface area contributed by atoms with E-state index < -0.39 is 9.15 Å². The van der Waals surface area contributed by atoms with Crippen LogP contribution in [0, 0.1) is 0 Å². The van der Waals surface area contributed by atoms with E-state index in [4.69, 9.17) is 4.55 Å². The van der Waals surface area contributed by atoms with Crippen LogP contribution in [-0.2, 0) is 9.15 Å². The van der Waals surface area contributed by atoms with Crippen LogP contribution in [0.2, 0.25) is 0 Å². The SMILES string of the molecule is CCCCSSS(=O)(=O)O. The minimum Gasteiger partial charge on any atom is -0.277 e. The van der Waals surface area contributed by atoms with Gasteiger partial charge in [0.15, 0.2) is 0 Å². The second kappa shape index (κ2) is 5.29. The highest BCUT2D eigenvalue weighted by Gasteiger charge is 2.03. The number of hydrogen-bond donors (Lipinski definition) is 1. The average molecular weight is 202 g/mol. The zero-order chi connectivity index (χ0) is 8.04. The van der Waals surface area contributed by atoms with E-state index >= 15 is 0 Å². The Kier molecular flexibility index (Phi) is 5.61. The Balaban J connectivity index is 3.21. The Hall–Kier alpha value is 0.610. The molecule has 0 saturated heterocycles. The largest absolute Gasteiger partial charge is 0.329 e. The molecule has 0 bridgehead atoms. The van der Waals surface area contributed by atoms with Crippen LogP contribution in [0.5, 0.6) is 0 Å². The molecule has 0 aliphatic rings. The fourth-order valence-corrected chi connectivity index (χ4v) is 3.52. The second-order valence-corrected chi connectivity index (χ2v) is 6.91. The summed E-state index contributed by atoms with van der Waals surface area (Å²) in [4.78, 5) is 0. The molecule has 0 unspecified atom stereocenters. The van der Waals surface area contributed by atoms with Gasteiger partial charge in [0.1, 0.15) is 0 Å². The van der Waals surface area contributed by atoms with E-state index in [0.717, 1.165) is 29.4 Å². The lowest BCUT2D eigenvalue weighted by molar-refractivity contribution is 0.503. The van der Waals surface area contributed by atoms with E-state index in [2.05, 4.69) is 0 Å². The molecule has 0 heterocycles. The van der Waals surface area contributed by atoms with Crippen molar-refractivity contribution >= 4 is 29.8 Å². The van der Waals surface area contributed by atoms with Crippen molar-refractivity contribution in [2.24, 2.45) is 0 Å². The molecule has 0 aromatic rings. The first-order chi connectivity index (χ1) is 4.56. The van der Waals surface area contributed by atoms with Gasteiger partial charge in [-0.2, -0.15) is 8.42 Å². The van der Waals surface area contributed by atoms with Crippen LogP contribution in [-0.4, -0.2) is 18.7 Å². The summed E-state index contributed by atoms with van der Waals surface area (Å²) in [6.07, 6.45) is 2.02. The Morgan fingerprint density at radius 2 is 2.10 bits per heavy atom. The van der Waals surface area contributed by atoms with Crippen LogP contribution in [0.1, 0.15) is 19.8 Å². The van der Waals surface area contributed by atoms with Gasteiger partial charge in [0.25, 0.3) is 0 Å². The highest BCUT2D eigenvalue weighted by Crippen LogP contribution is 2.27. The van der Waals surface area contributed by atoms with Gasteiger partial charge in [0, 0.05) is 5.75 Å². The standard InChI is InChI=1S/C4H10O3S3/c1-2-3-4-8-9-10(5,6)7/h2-4H2,1H3,(H,5,6,7). The monoisotopic (exact) mass is 202 g/mol. The van der Waals surface area contributed by atoms with Crippen LogP contribution >= 0.6 is 20.6 Å². The average Bonchev–Trinajstić information content (AvgIpc) is 1.78. The first kappa shape index (κ1) is 10.6. The fourth-order valence-electron chi connectivity index (χ4n) is 0.298. The first-order valence-corrected chi connectivity index (χ1v) is 7.12. The molecule has 0 aliphatic heterocycles. The van der Waals surface area contributed by atoms with E-state index in [-0.39, 0.29) is 0 Å². The predicted molar refractivity (Wildman–Crippen MR) is 46.5 cm³/mol. The number of unbranched alkanes of at least 4 members (excludes halogenated alkanes) is 1. The van der Waals surface area contributed by atoms with Crippen LogP contribution < -0.4 is 0 Å². The molecule has 3 nitrogen and oxygen atoms in total. The lowest BCUT2D eigenvalue weighted by Gasteiger charge is -1.93. The molecule has 0 aromatic heterocycles. The van der Waals surface area contributed by atoms with Gasteiger partial charge in [-0.05, 0) is 6.42 Å². The van der Waals surface area contributed by atoms with E-state index in [0.29, 0.717) is 9.83 Å². The van der Waals surface area contributed by atoms with Crippen molar-refractivity contribution in [3.63, 3.8) is 0 Å². The topological polar surface area (TPSA) is 54.4 Å². The minimum atomic E-state index is -3.82. The van der Waals surface area contributed by atoms with E-state index in [1.54, 1.807) is 0 Å². The van der Waals surface area contributed by atoms with E-state index in [9.17, 15) is 8.42 Å². The molecule has 6 heteroatoms. The summed E-state index contributed by atoms with van der Waals surface area (Å²) in [5.41, 5.74) is 0. The molecule has 0 radical (unpaired) electrons. The van der Waals surface area contributed by atoms with Crippen LogP contribution in [0.15, 0.2) is 0 Å². The van der Waals surface area contributed by atoms with Gasteiger partial charge < -0.3 is 0 Å². The molecule has 10 heavy (non-hydrogen) atoms. The van der Waals surface area contributed by atoms with Crippen molar-refractivity contribution in [3.05, 3.63) is 0 Å². The zero-order valence-corrected chi connectivity index (χ0v) is 8.06. The number of rotatable bonds is 5. The maximum atomic E-state index is 10.1. The summed E-state index contributed by atoms with van der Waals surface area (Å²) in [5, 5.41) is 0. The Bertz CT molecular complexity index is 163. The lowest BCUT2D eigenvalue weighted by atomic mass is 10.4. The maximum absolute atomic E-state index is 10.1. The molecule has 62 valence electrons. The van der Waals surface area contributed by atoms with Gasteiger partial charge in [-0.1, -0.05) is 24.1 Å². The molecule has 1 N–H and O–H groups in total. The summed E-state index contributed by atoms with van der Waals surface area (Å²) < 4.78 is 28.4. The predicted octanol–water partition coefficient (Wildman–Crippen LogP) is 1.97. The van der Waals surface area contributed by atoms with Crippen molar-refractivity contribution in [1.82, 2.24) is 0 Å². The van der Waals surface area contributed by atoms with E-state index in [1.807, 2.05) is 6.92 Å². The molecule has 0 fully saturated rings. The molecule has 0 spiro atoms. The van der Waals surface area contributed by atoms with Crippen LogP contribution in [0.3, 0.4) is 0 Å². The van der Waals surface area contributed by atoms with E-state index in [1.165, 1.54) is 0 Å². The van der Waals surface area contributed by atoms with Crippen molar-refractivity contribution < 1.29 is 13.0 Å². The van der Waals surface area contributed by atoms with Gasteiger partial charge in [0.2, 0.25) is 0 Å². The van der Waals surface area contributed by atoms with Gasteiger partial charge >= 0.3 is 9.15 Å². The minimum absolute atomic E-state index is 0.518. The molecular weight excluding hydrogens is 192 g/mol. The summed E-state index contributed by atoms with van der Waals surface area (Å²) in [6, 6.07) is 0. The summed E-state index contributed by atoms with van der Waals surface area (Å²) in [5.74, 6) is 0.765. The summed E-state index contributed by atoms with van der Waals surface area (Å²) in [7, 11) is -2.14. The highest BCUT2D eigenvalue weighted by atomic mass is 33.5. The molecular formula is C4H10O3S3. The third kappa shape index (κ3) is 8.61.